The van der Waals surface area contributed by atoms with Gasteiger partial charge in [-0.1, -0.05) is 76.9 Å². The topological polar surface area (TPSA) is 38.0 Å². The van der Waals surface area contributed by atoms with Gasteiger partial charge in [0.1, 0.15) is 0 Å². The first-order valence-electron chi connectivity index (χ1n) is 9.97. The van der Waals surface area contributed by atoms with Crippen LogP contribution < -0.4 is 11.1 Å². The molecule has 0 radical (unpaired) electrons. The number of allylic oxidation sites excluding steroid dienone is 2. The van der Waals surface area contributed by atoms with Crippen LogP contribution in [0.1, 0.15) is 96.8 Å². The van der Waals surface area contributed by atoms with Gasteiger partial charge < -0.3 is 11.1 Å². The maximum absolute atomic E-state index is 5.43. The van der Waals surface area contributed by atoms with Gasteiger partial charge in [-0.15, -0.1) is 0 Å². The lowest BCUT2D eigenvalue weighted by atomic mass is 10.1. The first kappa shape index (κ1) is 21.7. The summed E-state index contributed by atoms with van der Waals surface area (Å²) >= 11 is 0. The summed E-state index contributed by atoms with van der Waals surface area (Å²) in [6.45, 7) is 5.14. The van der Waals surface area contributed by atoms with E-state index in [1.165, 1.54) is 89.9 Å². The van der Waals surface area contributed by atoms with Gasteiger partial charge in [-0.25, -0.2) is 0 Å². The molecule has 0 fully saturated rings. The summed E-state index contributed by atoms with van der Waals surface area (Å²) in [5, 5.41) is 3.35. The second kappa shape index (κ2) is 20.7. The average Bonchev–Trinajstić information content (AvgIpc) is 2.54. The van der Waals surface area contributed by atoms with E-state index in [0.717, 1.165) is 19.6 Å². The highest BCUT2D eigenvalue weighted by molar-refractivity contribution is 4.81. The van der Waals surface area contributed by atoms with E-state index in [1.807, 2.05) is 0 Å². The lowest BCUT2D eigenvalue weighted by Crippen LogP contribution is -2.23. The van der Waals surface area contributed by atoms with Crippen molar-refractivity contribution in [2.24, 2.45) is 5.73 Å². The zero-order chi connectivity index (χ0) is 16.1. The van der Waals surface area contributed by atoms with Gasteiger partial charge in [-0.05, 0) is 38.6 Å². The summed E-state index contributed by atoms with van der Waals surface area (Å²) in [5.74, 6) is 0. The van der Waals surface area contributed by atoms with Crippen molar-refractivity contribution in [2.45, 2.75) is 96.8 Å². The van der Waals surface area contributed by atoms with Gasteiger partial charge in [-0.3, -0.25) is 0 Å². The monoisotopic (exact) mass is 310 g/mol. The molecule has 0 aromatic carbocycles. The lowest BCUT2D eigenvalue weighted by Gasteiger charge is -2.03. The molecule has 0 amide bonds. The minimum Gasteiger partial charge on any atom is -0.329 e. The van der Waals surface area contributed by atoms with Crippen LogP contribution in [0.15, 0.2) is 12.2 Å². The molecule has 0 atom stereocenters. The summed E-state index contributed by atoms with van der Waals surface area (Å²) in [4.78, 5) is 0. The fourth-order valence-electron chi connectivity index (χ4n) is 2.72. The third-order valence-corrected chi connectivity index (χ3v) is 4.19. The van der Waals surface area contributed by atoms with Gasteiger partial charge >= 0.3 is 0 Å². The molecule has 132 valence electrons. The van der Waals surface area contributed by atoms with Crippen molar-refractivity contribution >= 4 is 0 Å². The summed E-state index contributed by atoms with van der Waals surface area (Å²) < 4.78 is 0. The lowest BCUT2D eigenvalue weighted by molar-refractivity contribution is 0.569. The standard InChI is InChI=1S/C20H42N2/c1-2-3-4-5-6-7-8-9-10-11-12-13-14-15-16-17-19-22-20-18-21/h9-10,22H,2-8,11-21H2,1H3. The molecule has 0 aromatic rings. The van der Waals surface area contributed by atoms with Crippen LogP contribution >= 0.6 is 0 Å². The number of hydrogen-bond acceptors (Lipinski definition) is 2. The first-order chi connectivity index (χ1) is 10.9. The van der Waals surface area contributed by atoms with Crippen LogP contribution in [-0.2, 0) is 0 Å². The summed E-state index contributed by atoms with van der Waals surface area (Å²) in [5.41, 5.74) is 5.43. The number of nitrogens with two attached hydrogens (primary N) is 1. The molecule has 0 bridgehead atoms. The maximum Gasteiger partial charge on any atom is 0.00745 e. The largest absolute Gasteiger partial charge is 0.329 e. The van der Waals surface area contributed by atoms with Gasteiger partial charge in [0.15, 0.2) is 0 Å². The van der Waals surface area contributed by atoms with Crippen molar-refractivity contribution in [3.8, 4) is 0 Å². The Balaban J connectivity index is 3.02. The Kier molecular flexibility index (Phi) is 20.3. The molecule has 0 heterocycles. The van der Waals surface area contributed by atoms with Crippen molar-refractivity contribution in [1.29, 1.82) is 0 Å². The molecule has 0 aliphatic rings. The fraction of sp³-hybridized carbons (Fsp3) is 0.900. The van der Waals surface area contributed by atoms with Gasteiger partial charge in [-0.2, -0.15) is 0 Å². The minimum absolute atomic E-state index is 0.756. The molecule has 3 N–H and O–H groups in total. The van der Waals surface area contributed by atoms with Crippen molar-refractivity contribution in [3.63, 3.8) is 0 Å². The molecule has 22 heavy (non-hydrogen) atoms. The van der Waals surface area contributed by atoms with E-state index in [-0.39, 0.29) is 0 Å². The predicted molar refractivity (Wildman–Crippen MR) is 101 cm³/mol. The van der Waals surface area contributed by atoms with E-state index in [1.54, 1.807) is 0 Å². The third-order valence-electron chi connectivity index (χ3n) is 4.19. The van der Waals surface area contributed by atoms with Crippen molar-refractivity contribution in [1.82, 2.24) is 5.32 Å². The van der Waals surface area contributed by atoms with Crippen molar-refractivity contribution in [2.75, 3.05) is 19.6 Å². The van der Waals surface area contributed by atoms with Gasteiger partial charge in [0.2, 0.25) is 0 Å². The molecule has 0 saturated carbocycles. The highest BCUT2D eigenvalue weighted by Crippen LogP contribution is 2.09. The average molecular weight is 311 g/mol. The summed E-state index contributed by atoms with van der Waals surface area (Å²) in [6, 6.07) is 0. The Morgan fingerprint density at radius 1 is 0.636 bits per heavy atom. The number of unbranched alkanes of at least 4 members (excludes halogenated alkanes) is 12. The summed E-state index contributed by atoms with van der Waals surface area (Å²) in [7, 11) is 0. The Labute approximate surface area is 140 Å². The molecule has 0 saturated heterocycles. The zero-order valence-electron chi connectivity index (χ0n) is 15.3. The molecule has 0 aromatic heterocycles. The van der Waals surface area contributed by atoms with E-state index in [2.05, 4.69) is 24.4 Å². The molecule has 0 rings (SSSR count). The van der Waals surface area contributed by atoms with Crippen LogP contribution in [0.2, 0.25) is 0 Å². The maximum atomic E-state index is 5.43. The molecular weight excluding hydrogens is 268 g/mol. The molecule has 2 nitrogen and oxygen atoms in total. The number of nitrogens with one attached hydrogen (secondary N) is 1. The van der Waals surface area contributed by atoms with Gasteiger partial charge in [0.25, 0.3) is 0 Å². The number of rotatable bonds is 18. The second-order valence-corrected chi connectivity index (χ2v) is 6.48. The van der Waals surface area contributed by atoms with Gasteiger partial charge in [0, 0.05) is 13.1 Å². The molecule has 0 aliphatic heterocycles. The SMILES string of the molecule is CCCCCCCCC=CCCCCCCCCNCCN. The van der Waals surface area contributed by atoms with Crippen LogP contribution in [-0.4, -0.2) is 19.6 Å². The predicted octanol–water partition coefficient (Wildman–Crippen LogP) is 5.57. The Hall–Kier alpha value is -0.340. The quantitative estimate of drug-likeness (QED) is 0.256. The van der Waals surface area contributed by atoms with E-state index in [4.69, 9.17) is 5.73 Å². The van der Waals surface area contributed by atoms with Crippen LogP contribution in [0.4, 0.5) is 0 Å². The van der Waals surface area contributed by atoms with E-state index in [0.29, 0.717) is 0 Å². The van der Waals surface area contributed by atoms with E-state index in [9.17, 15) is 0 Å². The smallest absolute Gasteiger partial charge is 0.00745 e. The molecular formula is C20H42N2. The van der Waals surface area contributed by atoms with Crippen LogP contribution in [0.5, 0.6) is 0 Å². The van der Waals surface area contributed by atoms with E-state index < -0.39 is 0 Å². The first-order valence-corrected chi connectivity index (χ1v) is 9.97. The molecule has 0 aliphatic carbocycles. The Bertz CT molecular complexity index is 214. The third kappa shape index (κ3) is 19.7. The Morgan fingerprint density at radius 3 is 1.68 bits per heavy atom. The highest BCUT2D eigenvalue weighted by atomic mass is 14.9. The molecule has 2 heteroatoms. The highest BCUT2D eigenvalue weighted by Gasteiger charge is 1.91. The summed E-state index contributed by atoms with van der Waals surface area (Å²) in [6.07, 6.45) is 24.1. The van der Waals surface area contributed by atoms with Crippen LogP contribution in [0.3, 0.4) is 0 Å². The van der Waals surface area contributed by atoms with Crippen molar-refractivity contribution in [3.05, 3.63) is 12.2 Å². The second-order valence-electron chi connectivity index (χ2n) is 6.48. The van der Waals surface area contributed by atoms with Crippen LogP contribution in [0.25, 0.3) is 0 Å². The number of hydrogen-bond donors (Lipinski definition) is 2. The zero-order valence-corrected chi connectivity index (χ0v) is 15.3. The fourth-order valence-corrected chi connectivity index (χ4v) is 2.72. The van der Waals surface area contributed by atoms with Gasteiger partial charge in [0.05, 0.1) is 0 Å². The molecule has 0 spiro atoms. The van der Waals surface area contributed by atoms with Crippen molar-refractivity contribution < 1.29 is 0 Å². The minimum atomic E-state index is 0.756. The van der Waals surface area contributed by atoms with Crippen LogP contribution in [0, 0.1) is 0 Å². The normalized spacial score (nSPS) is 11.5. The molecule has 0 unspecified atom stereocenters. The van der Waals surface area contributed by atoms with E-state index >= 15 is 0 Å². The Morgan fingerprint density at radius 2 is 1.14 bits per heavy atom.